The van der Waals surface area contributed by atoms with Crippen LogP contribution in [0.4, 0.5) is 0 Å². The van der Waals surface area contributed by atoms with Crippen LogP contribution in [0.1, 0.15) is 72.6 Å². The van der Waals surface area contributed by atoms with E-state index in [1.165, 1.54) is 36.4 Å². The van der Waals surface area contributed by atoms with E-state index in [-0.39, 0.29) is 52.6 Å². The average Bonchev–Trinajstić information content (AvgIpc) is 2.94. The molecule has 0 aromatic heterocycles. The van der Waals surface area contributed by atoms with Crippen molar-refractivity contribution >= 4 is 0 Å². The Kier molecular flexibility index (Phi) is 7.99. The molecule has 0 spiro atoms. The molecule has 3 aromatic rings. The summed E-state index contributed by atoms with van der Waals surface area (Å²) in [4.78, 5) is 0. The molecule has 0 saturated carbocycles. The summed E-state index contributed by atoms with van der Waals surface area (Å²) >= 11 is 0. The van der Waals surface area contributed by atoms with E-state index in [0.717, 1.165) is 5.57 Å². The molecule has 1 aliphatic heterocycles. The van der Waals surface area contributed by atoms with E-state index in [4.69, 9.17) is 4.74 Å². The molecule has 44 heavy (non-hydrogen) atoms. The summed E-state index contributed by atoms with van der Waals surface area (Å²) in [7, 11) is 0. The maximum absolute atomic E-state index is 12.4. The van der Waals surface area contributed by atoms with Gasteiger partial charge in [0.05, 0.1) is 18.0 Å². The Balaban J connectivity index is 1.73. The third-order valence-corrected chi connectivity index (χ3v) is 9.39. The normalized spacial score (nSPS) is 21.5. The number of hydrogen-bond donors (Lipinski definition) is 8. The molecule has 0 saturated heterocycles. The second-order valence-electron chi connectivity index (χ2n) is 12.7. The highest BCUT2D eigenvalue weighted by atomic mass is 16.5. The highest BCUT2D eigenvalue weighted by Gasteiger charge is 2.46. The van der Waals surface area contributed by atoms with Crippen LogP contribution in [0.2, 0.25) is 0 Å². The smallest absolute Gasteiger partial charge is 0.157 e. The molecule has 2 aliphatic rings. The van der Waals surface area contributed by atoms with Crippen LogP contribution < -0.4 is 4.74 Å². The number of hydrogen-bond acceptors (Lipinski definition) is 9. The van der Waals surface area contributed by atoms with E-state index in [0.29, 0.717) is 39.8 Å². The van der Waals surface area contributed by atoms with Gasteiger partial charge in [0.15, 0.2) is 11.5 Å². The van der Waals surface area contributed by atoms with Gasteiger partial charge in [0.25, 0.3) is 0 Å². The van der Waals surface area contributed by atoms with Crippen LogP contribution in [0.25, 0.3) is 0 Å². The largest absolute Gasteiger partial charge is 0.512 e. The lowest BCUT2D eigenvalue weighted by atomic mass is 9.64. The van der Waals surface area contributed by atoms with Crippen molar-refractivity contribution < 1.29 is 45.6 Å². The van der Waals surface area contributed by atoms with Crippen LogP contribution in [0.5, 0.6) is 34.5 Å². The summed E-state index contributed by atoms with van der Waals surface area (Å²) in [6, 6.07) is 8.35. The number of aliphatic hydroxyl groups excluding tert-OH is 3. The first-order chi connectivity index (χ1) is 20.6. The van der Waals surface area contributed by atoms with Gasteiger partial charge in [0.1, 0.15) is 29.1 Å². The Bertz CT molecular complexity index is 1650. The number of phenolic OH excluding ortho intramolecular Hbond substituents is 5. The van der Waals surface area contributed by atoms with Crippen LogP contribution in [0.3, 0.4) is 0 Å². The number of fused-ring (bicyclic) bond motifs is 1. The van der Waals surface area contributed by atoms with Crippen LogP contribution in [-0.2, 0) is 6.42 Å². The van der Waals surface area contributed by atoms with Crippen molar-refractivity contribution in [2.75, 3.05) is 0 Å². The Morgan fingerprint density at radius 3 is 2.11 bits per heavy atom. The lowest BCUT2D eigenvalue weighted by Gasteiger charge is -2.44. The third-order valence-electron chi connectivity index (χ3n) is 9.39. The second kappa shape index (κ2) is 11.3. The summed E-state index contributed by atoms with van der Waals surface area (Å²) in [5.74, 6) is -1.99. The maximum Gasteiger partial charge on any atom is 0.157 e. The van der Waals surface area contributed by atoms with Gasteiger partial charge in [0, 0.05) is 41.5 Å². The van der Waals surface area contributed by atoms with Gasteiger partial charge in [-0.25, -0.2) is 0 Å². The van der Waals surface area contributed by atoms with Crippen LogP contribution in [0, 0.1) is 25.2 Å². The molecule has 5 atom stereocenters. The first-order valence-corrected chi connectivity index (χ1v) is 14.6. The average molecular weight is 605 g/mol. The van der Waals surface area contributed by atoms with Gasteiger partial charge in [-0.1, -0.05) is 32.1 Å². The minimum absolute atomic E-state index is 0.0171. The number of aryl methyl sites for hydroxylation is 2. The summed E-state index contributed by atoms with van der Waals surface area (Å²) in [5, 5.41) is 86.7. The Morgan fingerprint density at radius 2 is 1.48 bits per heavy atom. The van der Waals surface area contributed by atoms with Gasteiger partial charge in [-0.3, -0.25) is 0 Å². The Hall–Kier alpha value is -4.34. The summed E-state index contributed by atoms with van der Waals surface area (Å²) < 4.78 is 6.46. The number of aromatic hydroxyl groups is 5. The van der Waals surface area contributed by atoms with Crippen LogP contribution >= 0.6 is 0 Å². The van der Waals surface area contributed by atoms with Gasteiger partial charge in [-0.05, 0) is 78.6 Å². The zero-order chi connectivity index (χ0) is 32.2. The van der Waals surface area contributed by atoms with Crippen LogP contribution in [-0.4, -0.2) is 53.1 Å². The Morgan fingerprint density at radius 1 is 0.795 bits per heavy atom. The minimum atomic E-state index is -1.20. The maximum atomic E-state index is 12.4. The van der Waals surface area contributed by atoms with Gasteiger partial charge < -0.3 is 45.6 Å². The lowest BCUT2D eigenvalue weighted by molar-refractivity contribution is 0.000135. The highest BCUT2D eigenvalue weighted by Crippen LogP contribution is 2.54. The number of ether oxygens (including phenoxy) is 1. The lowest BCUT2D eigenvalue weighted by Crippen LogP contribution is -2.42. The molecule has 5 rings (SSSR count). The zero-order valence-corrected chi connectivity index (χ0v) is 25.4. The van der Waals surface area contributed by atoms with Gasteiger partial charge in [-0.2, -0.15) is 0 Å². The number of benzene rings is 3. The molecule has 8 N–H and O–H groups in total. The first-order valence-electron chi connectivity index (χ1n) is 14.6. The van der Waals surface area contributed by atoms with Gasteiger partial charge in [-0.15, -0.1) is 0 Å². The van der Waals surface area contributed by atoms with Crippen molar-refractivity contribution in [3.05, 3.63) is 93.3 Å². The molecule has 0 radical (unpaired) electrons. The van der Waals surface area contributed by atoms with Crippen molar-refractivity contribution in [2.45, 2.75) is 71.7 Å². The predicted octanol–water partition coefficient (Wildman–Crippen LogP) is 5.80. The molecule has 3 aromatic carbocycles. The molecule has 1 unspecified atom stereocenters. The summed E-state index contributed by atoms with van der Waals surface area (Å²) in [5.41, 5.74) is 2.44. The number of allylic oxidation sites excluding steroid dienone is 4. The minimum Gasteiger partial charge on any atom is -0.512 e. The van der Waals surface area contributed by atoms with E-state index in [1.54, 1.807) is 13.8 Å². The Labute approximate surface area is 256 Å². The number of aliphatic hydroxyl groups is 3. The number of rotatable bonds is 6. The van der Waals surface area contributed by atoms with Crippen molar-refractivity contribution in [3.8, 4) is 34.5 Å². The predicted molar refractivity (Wildman–Crippen MR) is 164 cm³/mol. The van der Waals surface area contributed by atoms with Crippen molar-refractivity contribution in [2.24, 2.45) is 11.3 Å². The second-order valence-corrected chi connectivity index (χ2v) is 12.7. The molecule has 9 heteroatoms. The van der Waals surface area contributed by atoms with E-state index < -0.39 is 29.6 Å². The fourth-order valence-electron chi connectivity index (χ4n) is 6.66. The number of phenols is 5. The van der Waals surface area contributed by atoms with E-state index in [9.17, 15) is 40.9 Å². The molecule has 1 heterocycles. The summed E-state index contributed by atoms with van der Waals surface area (Å²) in [6.07, 6.45) is 0.752. The van der Waals surface area contributed by atoms with Crippen LogP contribution in [0.15, 0.2) is 59.9 Å². The zero-order valence-electron chi connectivity index (χ0n) is 25.4. The molecule has 1 aliphatic carbocycles. The van der Waals surface area contributed by atoms with Crippen molar-refractivity contribution in [3.63, 3.8) is 0 Å². The molecule has 0 fully saturated rings. The summed E-state index contributed by atoms with van der Waals surface area (Å²) in [6.45, 7) is 9.05. The van der Waals surface area contributed by atoms with E-state index in [1.807, 2.05) is 32.9 Å². The van der Waals surface area contributed by atoms with Crippen molar-refractivity contribution in [1.82, 2.24) is 0 Å². The fourth-order valence-corrected chi connectivity index (χ4v) is 6.66. The highest BCUT2D eigenvalue weighted by molar-refractivity contribution is 5.62. The molecule has 0 bridgehead atoms. The molecule has 234 valence electrons. The fraction of sp³-hybridized carbons (Fsp3) is 0.371. The third kappa shape index (κ3) is 5.31. The molecular formula is C35H40O9. The van der Waals surface area contributed by atoms with Gasteiger partial charge in [0.2, 0.25) is 0 Å². The molecule has 9 nitrogen and oxygen atoms in total. The topological polar surface area (TPSA) is 171 Å². The van der Waals surface area contributed by atoms with Crippen molar-refractivity contribution in [1.29, 1.82) is 0 Å². The molecule has 0 amide bonds. The molecular weight excluding hydrogens is 564 g/mol. The first kappa shape index (κ1) is 31.1. The van der Waals surface area contributed by atoms with Gasteiger partial charge >= 0.3 is 0 Å². The SMILES string of the molecule is CC1=C(O)CC(C(C)(C)[C@H](O)[C@@H](c2c(C)cc(O)cc2O)c2c(C)cc(O)c3c2O[C@H](c2ccc(O)c(O)c2)[C@@H](O)C3)C=C1. The van der Waals surface area contributed by atoms with E-state index >= 15 is 0 Å². The quantitative estimate of drug-likeness (QED) is 0.162. The van der Waals surface area contributed by atoms with E-state index in [2.05, 4.69) is 0 Å². The monoisotopic (exact) mass is 604 g/mol. The standard InChI is InChI=1S/C35H40O9/c1-16-6-8-20(13-24(16)38)35(4,5)34(43)31(29-17(2)10-21(36)14-27(29)41)30-18(3)11-25(39)22-15-28(42)32(44-33(22)30)19-7-9-23(37)26(40)12-19/h6-12,14,20,28,31-32,34,36-43H,13,15H2,1-5H3/t20?,28-,31-,32+,34+/m0/s1.